The second-order valence-electron chi connectivity index (χ2n) is 4.54. The third-order valence-electron chi connectivity index (χ3n) is 3.37. The summed E-state index contributed by atoms with van der Waals surface area (Å²) in [5.41, 5.74) is 0. The molecule has 2 rings (SSSR count). The van der Waals surface area contributed by atoms with Gasteiger partial charge in [0.05, 0.1) is 10.9 Å². The van der Waals surface area contributed by atoms with Crippen LogP contribution in [0.25, 0.3) is 0 Å². The van der Waals surface area contributed by atoms with Gasteiger partial charge in [0.1, 0.15) is 0 Å². The first-order valence-corrected chi connectivity index (χ1v) is 7.43. The summed E-state index contributed by atoms with van der Waals surface area (Å²) in [6, 6.07) is 3.91. The molecule has 1 aromatic rings. The van der Waals surface area contributed by atoms with E-state index in [1.807, 2.05) is 24.0 Å². The summed E-state index contributed by atoms with van der Waals surface area (Å²) < 4.78 is 0.796. The zero-order valence-corrected chi connectivity index (χ0v) is 11.7. The highest BCUT2D eigenvalue weighted by Gasteiger charge is 2.26. The van der Waals surface area contributed by atoms with E-state index in [0.29, 0.717) is 12.5 Å². The van der Waals surface area contributed by atoms with Gasteiger partial charge in [0, 0.05) is 17.3 Å². The van der Waals surface area contributed by atoms with Gasteiger partial charge in [0.2, 0.25) is 5.91 Å². The van der Waals surface area contributed by atoms with Gasteiger partial charge in [-0.25, -0.2) is 0 Å². The molecule has 1 aliphatic carbocycles. The fraction of sp³-hybridized carbons (Fsp3) is 0.615. The average molecular weight is 272 g/mol. The average Bonchev–Trinajstić information content (AvgIpc) is 2.96. The van der Waals surface area contributed by atoms with Gasteiger partial charge in [-0.3, -0.25) is 4.79 Å². The lowest BCUT2D eigenvalue weighted by Crippen LogP contribution is -2.34. The maximum atomic E-state index is 12.3. The highest BCUT2D eigenvalue weighted by Crippen LogP contribution is 2.28. The molecule has 94 valence electrons. The summed E-state index contributed by atoms with van der Waals surface area (Å²) >= 11 is 7.47. The minimum atomic E-state index is 0.269. The van der Waals surface area contributed by atoms with Crippen molar-refractivity contribution in [2.24, 2.45) is 5.92 Å². The van der Waals surface area contributed by atoms with Crippen molar-refractivity contribution in [3.63, 3.8) is 0 Å². The summed E-state index contributed by atoms with van der Waals surface area (Å²) in [6.07, 6.45) is 4.55. The number of hydrogen-bond acceptors (Lipinski definition) is 2. The van der Waals surface area contributed by atoms with Crippen molar-refractivity contribution in [1.29, 1.82) is 0 Å². The zero-order chi connectivity index (χ0) is 12.3. The van der Waals surface area contributed by atoms with Crippen molar-refractivity contribution < 1.29 is 4.79 Å². The van der Waals surface area contributed by atoms with E-state index in [4.69, 9.17) is 11.6 Å². The topological polar surface area (TPSA) is 20.3 Å². The first-order valence-electron chi connectivity index (χ1n) is 6.23. The molecule has 1 fully saturated rings. The quantitative estimate of drug-likeness (QED) is 0.812. The number of halogens is 1. The van der Waals surface area contributed by atoms with Crippen molar-refractivity contribution >= 4 is 28.8 Å². The van der Waals surface area contributed by atoms with Crippen LogP contribution in [0.3, 0.4) is 0 Å². The summed E-state index contributed by atoms with van der Waals surface area (Å²) in [5.74, 6) is 0.597. The lowest BCUT2D eigenvalue weighted by molar-refractivity contribution is -0.135. The van der Waals surface area contributed by atoms with E-state index in [1.165, 1.54) is 17.7 Å². The highest BCUT2D eigenvalue weighted by atomic mass is 35.5. The molecule has 1 heterocycles. The number of thiophene rings is 1. The van der Waals surface area contributed by atoms with Gasteiger partial charge in [-0.2, -0.15) is 0 Å². The molecule has 0 saturated heterocycles. The van der Waals surface area contributed by atoms with Crippen molar-refractivity contribution in [3.8, 4) is 0 Å². The normalized spacial score (nSPS) is 16.4. The summed E-state index contributed by atoms with van der Waals surface area (Å²) in [6.45, 7) is 3.54. The predicted molar refractivity (Wildman–Crippen MR) is 72.4 cm³/mol. The highest BCUT2D eigenvalue weighted by molar-refractivity contribution is 7.16. The number of carbonyl (C=O) groups excluding carboxylic acids is 1. The van der Waals surface area contributed by atoms with Crippen LogP contribution in [-0.4, -0.2) is 17.4 Å². The third-order valence-corrected chi connectivity index (χ3v) is 4.59. The number of rotatable bonds is 4. The zero-order valence-electron chi connectivity index (χ0n) is 10.1. The lowest BCUT2D eigenvalue weighted by Gasteiger charge is -2.23. The van der Waals surface area contributed by atoms with Gasteiger partial charge >= 0.3 is 0 Å². The van der Waals surface area contributed by atoms with Gasteiger partial charge < -0.3 is 4.90 Å². The van der Waals surface area contributed by atoms with Crippen LogP contribution in [0, 0.1) is 5.92 Å². The predicted octanol–water partition coefficient (Wildman–Crippen LogP) is 3.94. The molecule has 1 aliphatic rings. The van der Waals surface area contributed by atoms with E-state index in [1.54, 1.807) is 11.3 Å². The van der Waals surface area contributed by atoms with Crippen LogP contribution in [-0.2, 0) is 11.3 Å². The molecule has 1 amide bonds. The van der Waals surface area contributed by atoms with Crippen LogP contribution in [0.1, 0.15) is 37.5 Å². The Kier molecular flexibility index (Phi) is 4.46. The summed E-state index contributed by atoms with van der Waals surface area (Å²) in [5, 5.41) is 0. The maximum absolute atomic E-state index is 12.3. The molecule has 2 nitrogen and oxygen atoms in total. The van der Waals surface area contributed by atoms with Crippen LogP contribution in [0.15, 0.2) is 12.1 Å². The van der Waals surface area contributed by atoms with Gasteiger partial charge in [-0.05, 0) is 31.9 Å². The molecule has 0 aromatic carbocycles. The summed E-state index contributed by atoms with van der Waals surface area (Å²) in [7, 11) is 0. The van der Waals surface area contributed by atoms with Crippen LogP contribution in [0.5, 0.6) is 0 Å². The Morgan fingerprint density at radius 1 is 1.47 bits per heavy atom. The Balaban J connectivity index is 1.98. The molecule has 0 N–H and O–H groups in total. The van der Waals surface area contributed by atoms with Crippen molar-refractivity contribution in [3.05, 3.63) is 21.3 Å². The maximum Gasteiger partial charge on any atom is 0.225 e. The monoisotopic (exact) mass is 271 g/mol. The Morgan fingerprint density at radius 2 is 2.18 bits per heavy atom. The fourth-order valence-corrected chi connectivity index (χ4v) is 3.50. The lowest BCUT2D eigenvalue weighted by atomic mass is 10.1. The smallest absolute Gasteiger partial charge is 0.225 e. The Bertz CT molecular complexity index is 385. The molecule has 1 aromatic heterocycles. The second-order valence-corrected chi connectivity index (χ2v) is 6.34. The van der Waals surface area contributed by atoms with Crippen molar-refractivity contribution in [2.45, 2.75) is 39.2 Å². The Morgan fingerprint density at radius 3 is 2.71 bits per heavy atom. The molecule has 4 heteroatoms. The molecule has 1 saturated carbocycles. The SMILES string of the molecule is CCN(Cc1ccc(Cl)s1)C(=O)C1CCCC1. The largest absolute Gasteiger partial charge is 0.338 e. The molecule has 0 radical (unpaired) electrons. The van der Waals surface area contributed by atoms with Crippen molar-refractivity contribution in [1.82, 2.24) is 4.90 Å². The van der Waals surface area contributed by atoms with Crippen LogP contribution < -0.4 is 0 Å². The van der Waals surface area contributed by atoms with Gasteiger partial charge in [0.25, 0.3) is 0 Å². The molecular weight excluding hydrogens is 254 g/mol. The first-order chi connectivity index (χ1) is 8.20. The molecule has 0 bridgehead atoms. The molecule has 0 unspecified atom stereocenters. The van der Waals surface area contributed by atoms with Gasteiger partial charge in [0.15, 0.2) is 0 Å². The van der Waals surface area contributed by atoms with Crippen LogP contribution >= 0.6 is 22.9 Å². The van der Waals surface area contributed by atoms with E-state index >= 15 is 0 Å². The van der Waals surface area contributed by atoms with Crippen LogP contribution in [0.4, 0.5) is 0 Å². The number of amides is 1. The minimum absolute atomic E-state index is 0.269. The number of hydrogen-bond donors (Lipinski definition) is 0. The molecular formula is C13H18ClNOS. The third kappa shape index (κ3) is 3.23. The van der Waals surface area contributed by atoms with Crippen LogP contribution in [0.2, 0.25) is 4.34 Å². The van der Waals surface area contributed by atoms with E-state index in [2.05, 4.69) is 0 Å². The van der Waals surface area contributed by atoms with Gasteiger partial charge in [-0.1, -0.05) is 24.4 Å². The van der Waals surface area contributed by atoms with E-state index in [-0.39, 0.29) is 5.92 Å². The van der Waals surface area contributed by atoms with Crippen molar-refractivity contribution in [2.75, 3.05) is 6.54 Å². The number of carbonyl (C=O) groups is 1. The standard InChI is InChI=1S/C13H18ClNOS/c1-2-15(9-11-7-8-12(14)17-11)13(16)10-5-3-4-6-10/h7-8,10H,2-6,9H2,1H3. The fourth-order valence-electron chi connectivity index (χ4n) is 2.40. The minimum Gasteiger partial charge on any atom is -0.338 e. The van der Waals surface area contributed by atoms with E-state index in [0.717, 1.165) is 23.7 Å². The molecule has 0 aliphatic heterocycles. The second kappa shape index (κ2) is 5.87. The molecule has 0 spiro atoms. The van der Waals surface area contributed by atoms with E-state index in [9.17, 15) is 4.79 Å². The first kappa shape index (κ1) is 12.9. The van der Waals surface area contributed by atoms with Gasteiger partial charge in [-0.15, -0.1) is 11.3 Å². The van der Waals surface area contributed by atoms with E-state index < -0.39 is 0 Å². The molecule has 0 atom stereocenters. The summed E-state index contributed by atoms with van der Waals surface area (Å²) in [4.78, 5) is 15.4. The Hall–Kier alpha value is -0.540. The Labute approximate surface area is 112 Å². The molecule has 17 heavy (non-hydrogen) atoms. The number of nitrogens with zero attached hydrogens (tertiary/aromatic N) is 1.